The monoisotopic (exact) mass is 233 g/mol. The lowest BCUT2D eigenvalue weighted by molar-refractivity contribution is 0.392. The summed E-state index contributed by atoms with van der Waals surface area (Å²) in [6.45, 7) is 12.0. The predicted octanol–water partition coefficient (Wildman–Crippen LogP) is 3.76. The van der Waals surface area contributed by atoms with Gasteiger partial charge in [-0.3, -0.25) is 0 Å². The molecular formula is C16H27N. The van der Waals surface area contributed by atoms with Crippen LogP contribution in [0, 0.1) is 11.8 Å². The molecule has 1 aromatic rings. The Morgan fingerprint density at radius 1 is 1.06 bits per heavy atom. The van der Waals surface area contributed by atoms with Crippen LogP contribution >= 0.6 is 0 Å². The van der Waals surface area contributed by atoms with Crippen LogP contribution in [0.2, 0.25) is 0 Å². The smallest absolute Gasteiger partial charge is 0.00432 e. The van der Waals surface area contributed by atoms with Crippen molar-refractivity contribution in [3.05, 3.63) is 35.4 Å². The maximum absolute atomic E-state index is 5.82. The largest absolute Gasteiger partial charge is 0.330 e. The summed E-state index contributed by atoms with van der Waals surface area (Å²) in [5.41, 5.74) is 8.86. The second-order valence-electron chi connectivity index (χ2n) is 6.39. The minimum absolute atomic E-state index is 0.240. The highest BCUT2D eigenvalue weighted by atomic mass is 14.5. The number of rotatable bonds is 4. The highest BCUT2D eigenvalue weighted by molar-refractivity contribution is 5.27. The summed E-state index contributed by atoms with van der Waals surface area (Å²) in [7, 11) is 0. The molecular weight excluding hydrogens is 206 g/mol. The van der Waals surface area contributed by atoms with Crippen molar-refractivity contribution < 1.29 is 0 Å². The molecule has 0 aromatic heterocycles. The molecule has 0 saturated carbocycles. The molecule has 1 nitrogen and oxygen atoms in total. The predicted molar refractivity (Wildman–Crippen MR) is 76.2 cm³/mol. The zero-order valence-corrected chi connectivity index (χ0v) is 12.0. The Balaban J connectivity index is 2.75. The van der Waals surface area contributed by atoms with E-state index in [0.29, 0.717) is 11.8 Å². The molecule has 1 aromatic carbocycles. The molecule has 0 aliphatic carbocycles. The summed E-state index contributed by atoms with van der Waals surface area (Å²) in [5, 5.41) is 0. The average Bonchev–Trinajstić information content (AvgIpc) is 2.25. The summed E-state index contributed by atoms with van der Waals surface area (Å²) in [6, 6.07) is 9.02. The zero-order chi connectivity index (χ0) is 13.1. The maximum atomic E-state index is 5.82. The number of benzene rings is 1. The summed E-state index contributed by atoms with van der Waals surface area (Å²) < 4.78 is 0. The first-order valence-corrected chi connectivity index (χ1v) is 6.64. The Hall–Kier alpha value is -0.820. The average molecular weight is 233 g/mol. The van der Waals surface area contributed by atoms with Crippen molar-refractivity contribution >= 4 is 0 Å². The minimum atomic E-state index is 0.240. The molecule has 1 heteroatoms. The van der Waals surface area contributed by atoms with Crippen molar-refractivity contribution in [1.29, 1.82) is 0 Å². The van der Waals surface area contributed by atoms with Crippen LogP contribution in [0.25, 0.3) is 0 Å². The third-order valence-electron chi connectivity index (χ3n) is 3.56. The maximum Gasteiger partial charge on any atom is -0.00432 e. The van der Waals surface area contributed by atoms with Crippen LogP contribution in [0.3, 0.4) is 0 Å². The minimum Gasteiger partial charge on any atom is -0.330 e. The lowest BCUT2D eigenvalue weighted by Crippen LogP contribution is -2.22. The van der Waals surface area contributed by atoms with Crippen molar-refractivity contribution in [1.82, 2.24) is 0 Å². The van der Waals surface area contributed by atoms with Gasteiger partial charge < -0.3 is 5.73 Å². The number of nitrogens with two attached hydrogens (primary N) is 1. The van der Waals surface area contributed by atoms with Crippen molar-refractivity contribution in [3.63, 3.8) is 0 Å². The van der Waals surface area contributed by atoms with Gasteiger partial charge in [0.15, 0.2) is 0 Å². The van der Waals surface area contributed by atoms with Crippen LogP contribution in [0.5, 0.6) is 0 Å². The molecule has 0 bridgehead atoms. The van der Waals surface area contributed by atoms with Crippen LogP contribution in [-0.2, 0) is 11.8 Å². The number of hydrogen-bond donors (Lipinski definition) is 1. The Bertz CT molecular complexity index is 330. The van der Waals surface area contributed by atoms with Crippen molar-refractivity contribution in [2.75, 3.05) is 6.54 Å². The third-order valence-corrected chi connectivity index (χ3v) is 3.56. The van der Waals surface area contributed by atoms with E-state index in [9.17, 15) is 0 Å². The van der Waals surface area contributed by atoms with Gasteiger partial charge in [0.05, 0.1) is 0 Å². The Kier molecular flexibility index (Phi) is 4.76. The molecule has 1 unspecified atom stereocenters. The summed E-state index contributed by atoms with van der Waals surface area (Å²) in [6.07, 6.45) is 1.10. The van der Waals surface area contributed by atoms with Crippen molar-refractivity contribution in [3.8, 4) is 0 Å². The van der Waals surface area contributed by atoms with E-state index in [1.807, 2.05) is 0 Å². The highest BCUT2D eigenvalue weighted by Gasteiger charge is 2.15. The summed E-state index contributed by atoms with van der Waals surface area (Å²) in [4.78, 5) is 0. The highest BCUT2D eigenvalue weighted by Crippen LogP contribution is 2.23. The molecule has 0 aliphatic rings. The second kappa shape index (κ2) is 5.68. The molecule has 17 heavy (non-hydrogen) atoms. The van der Waals surface area contributed by atoms with E-state index in [2.05, 4.69) is 58.9 Å². The molecule has 0 saturated heterocycles. The van der Waals surface area contributed by atoms with Crippen LogP contribution in [0.15, 0.2) is 24.3 Å². The molecule has 0 amide bonds. The normalized spacial score (nSPS) is 14.1. The van der Waals surface area contributed by atoms with E-state index >= 15 is 0 Å². The lowest BCUT2D eigenvalue weighted by Gasteiger charge is -2.21. The SMILES string of the molecule is CC(C)C(CN)Cc1ccc(C(C)(C)C)cc1. The second-order valence-corrected chi connectivity index (χ2v) is 6.39. The van der Waals surface area contributed by atoms with Crippen LogP contribution in [0.4, 0.5) is 0 Å². The Morgan fingerprint density at radius 2 is 1.59 bits per heavy atom. The Morgan fingerprint density at radius 3 is 1.94 bits per heavy atom. The van der Waals surface area contributed by atoms with Crippen molar-refractivity contribution in [2.24, 2.45) is 17.6 Å². The fourth-order valence-corrected chi connectivity index (χ4v) is 2.03. The van der Waals surface area contributed by atoms with Gasteiger partial charge in [-0.05, 0) is 41.3 Å². The van der Waals surface area contributed by atoms with Gasteiger partial charge in [-0.15, -0.1) is 0 Å². The molecule has 1 rings (SSSR count). The van der Waals surface area contributed by atoms with E-state index in [1.54, 1.807) is 0 Å². The molecule has 0 aliphatic heterocycles. The first-order chi connectivity index (χ1) is 7.84. The first-order valence-electron chi connectivity index (χ1n) is 6.64. The fraction of sp³-hybridized carbons (Fsp3) is 0.625. The van der Waals surface area contributed by atoms with Gasteiger partial charge in [-0.1, -0.05) is 58.9 Å². The van der Waals surface area contributed by atoms with Gasteiger partial charge >= 0.3 is 0 Å². The van der Waals surface area contributed by atoms with E-state index in [0.717, 1.165) is 13.0 Å². The fourth-order valence-electron chi connectivity index (χ4n) is 2.03. The van der Waals surface area contributed by atoms with Crippen LogP contribution in [-0.4, -0.2) is 6.54 Å². The molecule has 1 atom stereocenters. The van der Waals surface area contributed by atoms with Gasteiger partial charge in [-0.2, -0.15) is 0 Å². The molecule has 96 valence electrons. The summed E-state index contributed by atoms with van der Waals surface area (Å²) in [5.74, 6) is 1.25. The van der Waals surface area contributed by atoms with Gasteiger partial charge in [-0.25, -0.2) is 0 Å². The van der Waals surface area contributed by atoms with Gasteiger partial charge in [0.25, 0.3) is 0 Å². The quantitative estimate of drug-likeness (QED) is 0.842. The van der Waals surface area contributed by atoms with Crippen LogP contribution < -0.4 is 5.73 Å². The first kappa shape index (κ1) is 14.2. The van der Waals surface area contributed by atoms with E-state index < -0.39 is 0 Å². The number of hydrogen-bond acceptors (Lipinski definition) is 1. The lowest BCUT2D eigenvalue weighted by atomic mass is 9.85. The van der Waals surface area contributed by atoms with Crippen LogP contribution in [0.1, 0.15) is 45.7 Å². The molecule has 0 heterocycles. The molecule has 0 spiro atoms. The zero-order valence-electron chi connectivity index (χ0n) is 12.0. The topological polar surface area (TPSA) is 26.0 Å². The molecule has 2 N–H and O–H groups in total. The van der Waals surface area contributed by atoms with E-state index in [4.69, 9.17) is 5.73 Å². The third kappa shape index (κ3) is 4.16. The molecule has 0 radical (unpaired) electrons. The molecule has 0 fully saturated rings. The van der Waals surface area contributed by atoms with E-state index in [1.165, 1.54) is 11.1 Å². The van der Waals surface area contributed by atoms with Crippen molar-refractivity contribution in [2.45, 2.75) is 46.5 Å². The van der Waals surface area contributed by atoms with Gasteiger partial charge in [0, 0.05) is 0 Å². The van der Waals surface area contributed by atoms with E-state index in [-0.39, 0.29) is 5.41 Å². The summed E-state index contributed by atoms with van der Waals surface area (Å²) >= 11 is 0. The Labute approximate surface area is 106 Å². The van der Waals surface area contributed by atoms with Gasteiger partial charge in [0.2, 0.25) is 0 Å². The standard InChI is InChI=1S/C16H27N/c1-12(2)14(11-17)10-13-6-8-15(9-7-13)16(3,4)5/h6-9,12,14H,10-11,17H2,1-5H3. The van der Waals surface area contributed by atoms with Gasteiger partial charge in [0.1, 0.15) is 0 Å².